The Labute approximate surface area is 734 Å². The largest absolute Gasteiger partial charge is 0.394 e. The molecule has 22 atom stereocenters. The first-order valence-corrected chi connectivity index (χ1v) is 45.4. The summed E-state index contributed by atoms with van der Waals surface area (Å²) in [6.45, 7) is 2.56. The van der Waals surface area contributed by atoms with Gasteiger partial charge in [-0.1, -0.05) is 38.5 Å². The van der Waals surface area contributed by atoms with Gasteiger partial charge in [-0.3, -0.25) is 57.3 Å². The van der Waals surface area contributed by atoms with Crippen molar-refractivity contribution in [1.82, 2.24) is 58.1 Å². The summed E-state index contributed by atoms with van der Waals surface area (Å²) in [5, 5.41) is 129. The van der Waals surface area contributed by atoms with E-state index in [-0.39, 0.29) is 199 Å². The lowest BCUT2D eigenvalue weighted by molar-refractivity contribution is -0.270. The molecule has 5 heterocycles. The zero-order chi connectivity index (χ0) is 92.3. The molecule has 5 rings (SSSR count). The topological polar surface area (TPSA) is 652 Å². The maximum Gasteiger partial charge on any atom is 0.316 e. The molecular weight excluding hydrogens is 1690 g/mol. The van der Waals surface area contributed by atoms with Crippen molar-refractivity contribution in [1.29, 1.82) is 0 Å². The SMILES string of the molecule is CC(=O)N[C@H]1[C@H](OCCCCC(=O)NCCCNC(=O)CCOC[C@H]2OCC(NC(=O)CCCCCCCCCCC(=O)N3C[C@H](O)C[C@H]3CO[PH](=O)O)[C@@H](OCCC(=O)NCCCNC(=O)CCCCO[C@@H]3O[C@H](CO)[C@H](O)[C@H](O)[C@H]3NC(C)=O)[C@@H]2OCCC(=O)NCCCNC(=O)CCCCO[C@@H]2O[C@H](CO)[C@H](O)[C@H](O)[C@H]2NC(C)=O)O[C@H](CO)[C@H](O)[C@@H]1O. The number of aliphatic hydroxyl groups excluding tert-OH is 10. The van der Waals surface area contributed by atoms with Crippen LogP contribution in [0.2, 0.25) is 0 Å². The predicted molar refractivity (Wildman–Crippen MR) is 443 cm³/mol. The van der Waals surface area contributed by atoms with Crippen LogP contribution < -0.4 is 53.2 Å². The number of β-amino-alcohol motifs (C(OH)–C–C–N with tert-alkyl or cyclic N) is 1. The summed E-state index contributed by atoms with van der Waals surface area (Å²) < 4.78 is 75.2. The van der Waals surface area contributed by atoms with Crippen molar-refractivity contribution >= 4 is 73.2 Å². The molecule has 726 valence electrons. The summed E-state index contributed by atoms with van der Waals surface area (Å²) in [5.74, 6) is -3.94. The van der Waals surface area contributed by atoms with Gasteiger partial charge in [-0.25, -0.2) is 0 Å². The van der Waals surface area contributed by atoms with Gasteiger partial charge in [-0.15, -0.1) is 0 Å². The molecule has 0 saturated carbocycles. The van der Waals surface area contributed by atoms with Gasteiger partial charge in [0, 0.05) is 138 Å². The Balaban J connectivity index is 1.13. The second-order valence-corrected chi connectivity index (χ2v) is 32.8. The molecule has 46 heteroatoms. The van der Waals surface area contributed by atoms with Crippen molar-refractivity contribution in [3.8, 4) is 0 Å². The number of likely N-dealkylation sites (tertiary alicyclic amines) is 1. The minimum atomic E-state index is -3.18. The van der Waals surface area contributed by atoms with Crippen LogP contribution in [0.5, 0.6) is 0 Å². The van der Waals surface area contributed by atoms with Gasteiger partial charge in [0.15, 0.2) is 18.9 Å². The molecule has 0 aliphatic carbocycles. The number of rotatable bonds is 64. The standard InChI is InChI=1S/C80H142N11O34P/c1-49(95)87-67-73(110)70(107)55(43-92)123-78(67)118-35-15-12-21-59(99)81-29-18-32-84-62(102)26-38-115-48-58-77(117-40-28-64(104)86-34-20-31-83-61(101)23-14-17-37-120-80-69(89-51(3)97)75(112)72(109)57(45-94)125-80)76(54(47-121-58)90-65(105)24-10-8-6-4-5-7-9-11-25-66(106)91-42-53(98)41-52(91)46-122-126(113)114)116-39-27-63(103)85-33-19-30-82-60(100)22-13-16-36-119-79-68(88-50(2)96)74(111)71(108)56(44-93)124-79/h52-58,67-80,92-94,98,107-112,126H,4-48H2,1-3H3,(H,81,99)(H,82,100)(H,83,101)(H,84,102)(H,85,103)(H,86,104)(H,87,95)(H,88,96)(H,89,97)(H,90,105)(H,113,114)/t52-,53+,54?,55+,56+,57+,58+,67+,68+,69+,70-,71-,72-,73+,74+,75+,76+,77+,78+,79+,80+/m0/s1. The molecule has 2 unspecified atom stereocenters. The van der Waals surface area contributed by atoms with E-state index >= 15 is 0 Å². The molecule has 0 aromatic heterocycles. The van der Waals surface area contributed by atoms with Gasteiger partial charge in [0.25, 0.3) is 0 Å². The fourth-order valence-corrected chi connectivity index (χ4v) is 15.1. The third kappa shape index (κ3) is 42.6. The fourth-order valence-electron chi connectivity index (χ4n) is 14.8. The highest BCUT2D eigenvalue weighted by atomic mass is 31.1. The van der Waals surface area contributed by atoms with E-state index in [4.69, 9.17) is 56.8 Å². The summed E-state index contributed by atoms with van der Waals surface area (Å²) in [4.78, 5) is 151. The molecule has 0 aromatic carbocycles. The van der Waals surface area contributed by atoms with Crippen LogP contribution in [0.15, 0.2) is 0 Å². The van der Waals surface area contributed by atoms with Gasteiger partial charge >= 0.3 is 8.25 Å². The van der Waals surface area contributed by atoms with Gasteiger partial charge in [-0.2, -0.15) is 0 Å². The second kappa shape index (κ2) is 62.7. The van der Waals surface area contributed by atoms with E-state index < -0.39 is 186 Å². The highest BCUT2D eigenvalue weighted by Crippen LogP contribution is 2.29. The highest BCUT2D eigenvalue weighted by Gasteiger charge is 2.49. The molecule has 5 saturated heterocycles. The lowest BCUT2D eigenvalue weighted by atomic mass is 9.97. The first-order valence-electron chi connectivity index (χ1n) is 44.1. The molecule has 0 radical (unpaired) electrons. The molecule has 21 N–H and O–H groups in total. The number of unbranched alkanes of at least 4 members (excludes halogenated alkanes) is 10. The van der Waals surface area contributed by atoms with Gasteiger partial charge in [0.05, 0.1) is 77.6 Å². The molecule has 5 aliphatic heterocycles. The molecule has 45 nitrogen and oxygen atoms in total. The molecule has 0 bridgehead atoms. The van der Waals surface area contributed by atoms with E-state index in [2.05, 4.69) is 53.2 Å². The number of ether oxygens (including phenoxy) is 10. The zero-order valence-corrected chi connectivity index (χ0v) is 73.7. The van der Waals surface area contributed by atoms with Gasteiger partial charge in [0.2, 0.25) is 65.0 Å². The van der Waals surface area contributed by atoms with E-state index in [0.717, 1.165) is 38.5 Å². The molecule has 5 fully saturated rings. The quantitative estimate of drug-likeness (QED) is 0.0199. The molecule has 11 amide bonds. The van der Waals surface area contributed by atoms with Gasteiger partial charge in [0.1, 0.15) is 91.4 Å². The average Bonchev–Trinajstić information content (AvgIpc) is 1.50. The minimum Gasteiger partial charge on any atom is -0.394 e. The van der Waals surface area contributed by atoms with Crippen LogP contribution in [0.3, 0.4) is 0 Å². The summed E-state index contributed by atoms with van der Waals surface area (Å²) in [6.07, 6.45) is -9.27. The molecule has 0 spiro atoms. The Morgan fingerprint density at radius 1 is 0.373 bits per heavy atom. The molecular formula is C80H142N11O34P. The first kappa shape index (κ1) is 110. The Morgan fingerprint density at radius 2 is 0.714 bits per heavy atom. The monoisotopic (exact) mass is 1830 g/mol. The third-order valence-electron chi connectivity index (χ3n) is 21.6. The van der Waals surface area contributed by atoms with Crippen LogP contribution in [0.4, 0.5) is 0 Å². The van der Waals surface area contributed by atoms with Crippen molar-refractivity contribution in [2.45, 2.75) is 316 Å². The van der Waals surface area contributed by atoms with E-state index in [1.54, 1.807) is 0 Å². The lowest BCUT2D eigenvalue weighted by Gasteiger charge is -2.42. The summed E-state index contributed by atoms with van der Waals surface area (Å²) in [7, 11) is -3.18. The van der Waals surface area contributed by atoms with E-state index in [1.807, 2.05) is 0 Å². The van der Waals surface area contributed by atoms with Crippen LogP contribution in [0.25, 0.3) is 0 Å². The number of hydrogen-bond acceptors (Lipinski definition) is 33. The summed E-state index contributed by atoms with van der Waals surface area (Å²) >= 11 is 0. The second-order valence-electron chi connectivity index (χ2n) is 32.0. The van der Waals surface area contributed by atoms with E-state index in [0.29, 0.717) is 70.6 Å². The van der Waals surface area contributed by atoms with Crippen molar-refractivity contribution in [2.24, 2.45) is 0 Å². The Hall–Kier alpha value is -6.48. The molecule has 0 aromatic rings. The van der Waals surface area contributed by atoms with E-state index in [1.165, 1.54) is 25.7 Å². The number of aliphatic hydroxyl groups is 10. The number of carbonyl (C=O) groups excluding carboxylic acids is 11. The first-order chi connectivity index (χ1) is 60.4. The Kier molecular flexibility index (Phi) is 54.8. The maximum atomic E-state index is 13.9. The number of nitrogens with one attached hydrogen (secondary N) is 10. The highest BCUT2D eigenvalue weighted by molar-refractivity contribution is 7.32. The van der Waals surface area contributed by atoms with Crippen LogP contribution in [-0.4, -0.2) is 379 Å². The number of amides is 11. The van der Waals surface area contributed by atoms with Crippen molar-refractivity contribution in [2.75, 3.05) is 125 Å². The third-order valence-corrected chi connectivity index (χ3v) is 22.0. The van der Waals surface area contributed by atoms with Crippen molar-refractivity contribution in [3.63, 3.8) is 0 Å². The summed E-state index contributed by atoms with van der Waals surface area (Å²) in [6, 6.07) is -4.65. The van der Waals surface area contributed by atoms with Crippen LogP contribution in [0.1, 0.15) is 188 Å². The fraction of sp³-hybridized carbons (Fsp3) is 0.863. The van der Waals surface area contributed by atoms with Crippen molar-refractivity contribution in [3.05, 3.63) is 0 Å². The molecule has 5 aliphatic rings. The van der Waals surface area contributed by atoms with Crippen LogP contribution in [-0.2, 0) is 109 Å². The zero-order valence-electron chi connectivity index (χ0n) is 72.7. The van der Waals surface area contributed by atoms with Crippen molar-refractivity contribution < 1.29 is 165 Å². The number of carbonyl (C=O) groups is 11. The lowest BCUT2D eigenvalue weighted by Crippen LogP contribution is -2.64. The maximum absolute atomic E-state index is 13.9. The van der Waals surface area contributed by atoms with Gasteiger partial charge < -0.3 is 166 Å². The van der Waals surface area contributed by atoms with Crippen LogP contribution >= 0.6 is 8.25 Å². The minimum absolute atomic E-state index is 0.0606. The summed E-state index contributed by atoms with van der Waals surface area (Å²) in [5.41, 5.74) is 0. The number of hydrogen-bond donors (Lipinski definition) is 21. The molecule has 126 heavy (non-hydrogen) atoms. The smallest absolute Gasteiger partial charge is 0.316 e. The van der Waals surface area contributed by atoms with Crippen LogP contribution in [0, 0.1) is 0 Å². The normalized spacial score (nSPS) is 27.4. The van der Waals surface area contributed by atoms with Gasteiger partial charge in [-0.05, 0) is 77.0 Å². The Morgan fingerprint density at radius 3 is 1.09 bits per heavy atom. The average molecular weight is 1830 g/mol. The van der Waals surface area contributed by atoms with E-state index in [9.17, 15) is 108 Å². The Bertz CT molecular complexity index is 3240. The predicted octanol–water partition coefficient (Wildman–Crippen LogP) is -5.65. The number of nitrogens with zero attached hydrogens (tertiary/aromatic N) is 1.